The molecule has 6 heteroatoms. The zero-order valence-corrected chi connectivity index (χ0v) is 9.88. The molecule has 1 rings (SSSR count). The first-order valence-electron chi connectivity index (χ1n) is 5.05. The fraction of sp³-hybridized carbons (Fsp3) is 0.364. The first-order chi connectivity index (χ1) is 7.84. The maximum absolute atomic E-state index is 10.9. The van der Waals surface area contributed by atoms with Crippen LogP contribution >= 0.6 is 0 Å². The van der Waals surface area contributed by atoms with E-state index in [1.807, 2.05) is 0 Å². The summed E-state index contributed by atoms with van der Waals surface area (Å²) >= 11 is 0. The van der Waals surface area contributed by atoms with Crippen molar-refractivity contribution < 1.29 is 14.8 Å². The number of carboxylic acids is 1. The Labute approximate surface area is 98.6 Å². The van der Waals surface area contributed by atoms with Crippen molar-refractivity contribution in [3.05, 3.63) is 33.9 Å². The Balaban J connectivity index is 3.21. The van der Waals surface area contributed by atoms with Gasteiger partial charge >= 0.3 is 5.97 Å². The van der Waals surface area contributed by atoms with Crippen LogP contribution in [0, 0.1) is 17.0 Å². The lowest BCUT2D eigenvalue weighted by molar-refractivity contribution is -0.384. The summed E-state index contributed by atoms with van der Waals surface area (Å²) in [6, 6.07) is 3.89. The van der Waals surface area contributed by atoms with Crippen molar-refractivity contribution in [2.75, 3.05) is 11.9 Å². The van der Waals surface area contributed by atoms with E-state index in [1.54, 1.807) is 19.1 Å². The smallest absolute Gasteiger partial charge is 0.326 e. The summed E-state index contributed by atoms with van der Waals surface area (Å²) in [6.07, 6.45) is 0. The van der Waals surface area contributed by atoms with Crippen molar-refractivity contribution in [3.63, 3.8) is 0 Å². The number of benzene rings is 1. The summed E-state index contributed by atoms with van der Waals surface area (Å²) in [5.41, 5.74) is 0.980. The van der Waals surface area contributed by atoms with Crippen LogP contribution in [-0.2, 0) is 4.79 Å². The zero-order valence-electron chi connectivity index (χ0n) is 9.88. The summed E-state index contributed by atoms with van der Waals surface area (Å²) in [5.74, 6) is -1.03. The monoisotopic (exact) mass is 238 g/mol. The summed E-state index contributed by atoms with van der Waals surface area (Å²) in [6.45, 7) is 3.23. The van der Waals surface area contributed by atoms with Gasteiger partial charge in [-0.05, 0) is 25.5 Å². The molecule has 1 N–H and O–H groups in total. The average Bonchev–Trinajstić information content (AvgIpc) is 2.26. The van der Waals surface area contributed by atoms with Gasteiger partial charge in [-0.3, -0.25) is 10.1 Å². The van der Waals surface area contributed by atoms with Gasteiger partial charge < -0.3 is 10.0 Å². The van der Waals surface area contributed by atoms with Gasteiger partial charge in [0.2, 0.25) is 0 Å². The van der Waals surface area contributed by atoms with Gasteiger partial charge in [0.05, 0.1) is 4.92 Å². The molecule has 0 fully saturated rings. The SMILES string of the molecule is Cc1ccc(N(C)C(C)C(=O)O)c([N+](=O)[O-])c1. The molecule has 92 valence electrons. The molecule has 1 unspecified atom stereocenters. The number of nitrogens with zero attached hydrogens (tertiary/aromatic N) is 2. The Hall–Kier alpha value is -2.11. The van der Waals surface area contributed by atoms with Crippen molar-refractivity contribution in [1.29, 1.82) is 0 Å². The molecule has 17 heavy (non-hydrogen) atoms. The van der Waals surface area contributed by atoms with E-state index in [0.29, 0.717) is 5.69 Å². The third-order valence-corrected chi connectivity index (χ3v) is 2.65. The van der Waals surface area contributed by atoms with E-state index in [2.05, 4.69) is 0 Å². The topological polar surface area (TPSA) is 83.7 Å². The van der Waals surface area contributed by atoms with Gasteiger partial charge in [0.25, 0.3) is 5.69 Å². The lowest BCUT2D eigenvalue weighted by atomic mass is 10.1. The molecule has 0 saturated carbocycles. The second kappa shape index (κ2) is 4.82. The van der Waals surface area contributed by atoms with Crippen molar-refractivity contribution in [2.24, 2.45) is 0 Å². The zero-order chi connectivity index (χ0) is 13.2. The minimum absolute atomic E-state index is 0.0828. The number of likely N-dealkylation sites (N-methyl/N-ethyl adjacent to an activating group) is 1. The molecular formula is C11H14N2O4. The van der Waals surface area contributed by atoms with Gasteiger partial charge in [0, 0.05) is 13.1 Å². The Kier molecular flexibility index (Phi) is 3.67. The molecule has 0 saturated heterocycles. The quantitative estimate of drug-likeness (QED) is 0.638. The van der Waals surface area contributed by atoms with Crippen LogP contribution < -0.4 is 4.90 Å². The number of hydrogen-bond donors (Lipinski definition) is 1. The normalized spacial score (nSPS) is 11.9. The molecule has 6 nitrogen and oxygen atoms in total. The molecule has 1 atom stereocenters. The highest BCUT2D eigenvalue weighted by atomic mass is 16.6. The highest BCUT2D eigenvalue weighted by Crippen LogP contribution is 2.29. The van der Waals surface area contributed by atoms with Gasteiger partial charge in [-0.1, -0.05) is 6.07 Å². The molecule has 1 aromatic rings. The summed E-state index contributed by atoms with van der Waals surface area (Å²) in [4.78, 5) is 22.6. The van der Waals surface area contributed by atoms with Crippen LogP contribution in [0.1, 0.15) is 12.5 Å². The predicted octanol–water partition coefficient (Wildman–Crippen LogP) is 1.81. The number of aliphatic carboxylic acids is 1. The van der Waals surface area contributed by atoms with Crippen LogP contribution in [0.4, 0.5) is 11.4 Å². The highest BCUT2D eigenvalue weighted by molar-refractivity contribution is 5.79. The number of aryl methyl sites for hydroxylation is 1. The second-order valence-electron chi connectivity index (χ2n) is 3.87. The molecule has 0 aliphatic rings. The Morgan fingerprint density at radius 1 is 1.53 bits per heavy atom. The summed E-state index contributed by atoms with van der Waals surface area (Å²) in [5, 5.41) is 19.8. The van der Waals surface area contributed by atoms with Crippen LogP contribution in [0.15, 0.2) is 18.2 Å². The molecule has 0 heterocycles. The first kappa shape index (κ1) is 13.0. The largest absolute Gasteiger partial charge is 0.480 e. The van der Waals surface area contributed by atoms with Crippen molar-refractivity contribution >= 4 is 17.3 Å². The van der Waals surface area contributed by atoms with E-state index >= 15 is 0 Å². The van der Waals surface area contributed by atoms with Crippen LogP contribution in [0.3, 0.4) is 0 Å². The molecule has 0 aliphatic carbocycles. The van der Waals surface area contributed by atoms with Crippen molar-refractivity contribution in [1.82, 2.24) is 0 Å². The average molecular weight is 238 g/mol. The number of carboxylic acid groups (broad SMARTS) is 1. The number of rotatable bonds is 4. The lowest BCUT2D eigenvalue weighted by Crippen LogP contribution is -2.36. The van der Waals surface area contributed by atoms with Gasteiger partial charge in [-0.25, -0.2) is 4.79 Å². The molecule has 0 bridgehead atoms. The standard InChI is InChI=1S/C11H14N2O4/c1-7-4-5-9(10(6-7)13(16)17)12(3)8(2)11(14)15/h4-6,8H,1-3H3,(H,14,15). The summed E-state index contributed by atoms with van der Waals surface area (Å²) in [7, 11) is 1.52. The molecule has 1 aromatic carbocycles. The third-order valence-electron chi connectivity index (χ3n) is 2.65. The predicted molar refractivity (Wildman–Crippen MR) is 63.3 cm³/mol. The molecule has 0 aliphatic heterocycles. The van der Waals surface area contributed by atoms with Crippen LogP contribution in [-0.4, -0.2) is 29.1 Å². The van der Waals surface area contributed by atoms with E-state index in [9.17, 15) is 14.9 Å². The number of nitro benzene ring substituents is 1. The number of nitro groups is 1. The lowest BCUT2D eigenvalue weighted by Gasteiger charge is -2.23. The van der Waals surface area contributed by atoms with E-state index in [-0.39, 0.29) is 5.69 Å². The number of carbonyl (C=O) groups is 1. The fourth-order valence-corrected chi connectivity index (χ4v) is 1.45. The van der Waals surface area contributed by atoms with Gasteiger partial charge in [0.1, 0.15) is 11.7 Å². The third kappa shape index (κ3) is 2.72. The molecule has 0 aromatic heterocycles. The minimum Gasteiger partial charge on any atom is -0.480 e. The maximum atomic E-state index is 10.9. The van der Waals surface area contributed by atoms with E-state index < -0.39 is 16.9 Å². The number of hydrogen-bond acceptors (Lipinski definition) is 4. The van der Waals surface area contributed by atoms with Gasteiger partial charge in [-0.15, -0.1) is 0 Å². The van der Waals surface area contributed by atoms with Crippen LogP contribution in [0.25, 0.3) is 0 Å². The van der Waals surface area contributed by atoms with E-state index in [4.69, 9.17) is 5.11 Å². The molecular weight excluding hydrogens is 224 g/mol. The van der Waals surface area contributed by atoms with Crippen LogP contribution in [0.5, 0.6) is 0 Å². The Morgan fingerprint density at radius 2 is 2.12 bits per heavy atom. The number of anilines is 1. The fourth-order valence-electron chi connectivity index (χ4n) is 1.45. The van der Waals surface area contributed by atoms with Crippen LogP contribution in [0.2, 0.25) is 0 Å². The van der Waals surface area contributed by atoms with Gasteiger partial charge in [-0.2, -0.15) is 0 Å². The Bertz CT molecular complexity index is 459. The first-order valence-corrected chi connectivity index (χ1v) is 5.05. The molecule has 0 amide bonds. The van der Waals surface area contributed by atoms with Crippen molar-refractivity contribution in [3.8, 4) is 0 Å². The summed E-state index contributed by atoms with van der Waals surface area (Å²) < 4.78 is 0. The maximum Gasteiger partial charge on any atom is 0.326 e. The van der Waals surface area contributed by atoms with E-state index in [1.165, 1.54) is 24.9 Å². The minimum atomic E-state index is -1.03. The highest BCUT2D eigenvalue weighted by Gasteiger charge is 2.24. The van der Waals surface area contributed by atoms with Crippen molar-refractivity contribution in [2.45, 2.75) is 19.9 Å². The van der Waals surface area contributed by atoms with Gasteiger partial charge in [0.15, 0.2) is 0 Å². The second-order valence-corrected chi connectivity index (χ2v) is 3.87. The molecule has 0 radical (unpaired) electrons. The molecule has 0 spiro atoms. The Morgan fingerprint density at radius 3 is 2.59 bits per heavy atom. The van der Waals surface area contributed by atoms with E-state index in [0.717, 1.165) is 5.56 Å².